The lowest BCUT2D eigenvalue weighted by atomic mass is 9.68. The molecule has 2 fully saturated rings. The van der Waals surface area contributed by atoms with E-state index >= 15 is 0 Å². The zero-order valence-corrected chi connectivity index (χ0v) is 20.7. The van der Waals surface area contributed by atoms with Crippen molar-refractivity contribution >= 4 is 5.97 Å². The predicted octanol–water partition coefficient (Wildman–Crippen LogP) is 8.76. The summed E-state index contributed by atoms with van der Waals surface area (Å²) >= 11 is 0. The first-order valence-corrected chi connectivity index (χ1v) is 13.5. The zero-order valence-electron chi connectivity index (χ0n) is 20.7. The van der Waals surface area contributed by atoms with Crippen LogP contribution in [0.1, 0.15) is 89.5 Å². The molecule has 0 unspecified atom stereocenters. The summed E-state index contributed by atoms with van der Waals surface area (Å²) in [7, 11) is 0. The highest BCUT2D eigenvalue weighted by molar-refractivity contribution is 5.75. The summed E-state index contributed by atoms with van der Waals surface area (Å²) in [6, 6.07) is 16.5. The van der Waals surface area contributed by atoms with E-state index in [0.717, 1.165) is 36.2 Å². The van der Waals surface area contributed by atoms with Crippen molar-refractivity contribution in [3.05, 3.63) is 54.1 Å². The van der Waals surface area contributed by atoms with Gasteiger partial charge in [-0.15, -0.1) is 0 Å². The lowest BCUT2D eigenvalue weighted by molar-refractivity contribution is -0.140. The van der Waals surface area contributed by atoms with Crippen LogP contribution >= 0.6 is 0 Å². The second kappa shape index (κ2) is 11.9. The van der Waals surface area contributed by atoms with Crippen molar-refractivity contribution in [1.29, 1.82) is 0 Å². The molecule has 0 radical (unpaired) electrons. The zero-order chi connectivity index (χ0) is 23.0. The standard InChI is InChI=1S/C31H42O2/c1-3-4-5-6-24-9-13-26(14-10-24)27-15-17-29(18-16-27)31(32)33-30-21-19-28(20-22-30)25-11-7-23(2)8-12-25/h7-8,11-12,19-22,24,26-27,29H,3-6,9-10,13-18H2,1-2H3. The smallest absolute Gasteiger partial charge is 0.314 e. The molecule has 0 amide bonds. The number of unbranched alkanes of at least 4 members (excludes halogenated alkanes) is 2. The number of carbonyl (C=O) groups is 1. The van der Waals surface area contributed by atoms with Crippen molar-refractivity contribution in [3.63, 3.8) is 0 Å². The quantitative estimate of drug-likeness (QED) is 0.230. The van der Waals surface area contributed by atoms with E-state index in [-0.39, 0.29) is 11.9 Å². The molecule has 2 aromatic rings. The molecule has 0 bridgehead atoms. The molecule has 2 aliphatic carbocycles. The van der Waals surface area contributed by atoms with Crippen molar-refractivity contribution in [2.24, 2.45) is 23.7 Å². The molecule has 0 aliphatic heterocycles. The van der Waals surface area contributed by atoms with Crippen LogP contribution in [0.2, 0.25) is 0 Å². The fraction of sp³-hybridized carbons (Fsp3) is 0.581. The molecule has 2 heteroatoms. The Balaban J connectivity index is 1.20. The van der Waals surface area contributed by atoms with E-state index in [9.17, 15) is 4.79 Å². The van der Waals surface area contributed by atoms with Crippen molar-refractivity contribution in [2.75, 3.05) is 0 Å². The van der Waals surface area contributed by atoms with E-state index in [1.54, 1.807) is 0 Å². The van der Waals surface area contributed by atoms with Gasteiger partial charge in [-0.3, -0.25) is 4.79 Å². The normalized spacial score (nSPS) is 25.5. The summed E-state index contributed by atoms with van der Waals surface area (Å²) in [5, 5.41) is 0. The molecule has 0 aromatic heterocycles. The SMILES string of the molecule is CCCCCC1CCC(C2CCC(C(=O)Oc3ccc(-c4ccc(C)cc4)cc3)CC2)CC1. The third-order valence-corrected chi connectivity index (χ3v) is 8.34. The van der Waals surface area contributed by atoms with Crippen LogP contribution in [0.5, 0.6) is 5.75 Å². The summed E-state index contributed by atoms with van der Waals surface area (Å²) in [5.41, 5.74) is 3.59. The van der Waals surface area contributed by atoms with E-state index in [1.165, 1.54) is 75.3 Å². The molecule has 4 rings (SSSR count). The summed E-state index contributed by atoms with van der Waals surface area (Å²) < 4.78 is 5.77. The highest BCUT2D eigenvalue weighted by Gasteiger charge is 2.33. The van der Waals surface area contributed by atoms with E-state index in [4.69, 9.17) is 4.74 Å². The Morgan fingerprint density at radius 2 is 1.30 bits per heavy atom. The number of rotatable bonds is 8. The molecular formula is C31H42O2. The number of hydrogen-bond donors (Lipinski definition) is 0. The van der Waals surface area contributed by atoms with Gasteiger partial charge in [0.05, 0.1) is 5.92 Å². The first-order chi connectivity index (χ1) is 16.1. The Labute approximate surface area is 201 Å². The van der Waals surface area contributed by atoms with Gasteiger partial charge in [0.15, 0.2) is 0 Å². The second-order valence-corrected chi connectivity index (χ2v) is 10.7. The molecule has 0 saturated heterocycles. The maximum atomic E-state index is 12.8. The van der Waals surface area contributed by atoms with Gasteiger partial charge in [0, 0.05) is 0 Å². The number of carbonyl (C=O) groups excluding carboxylic acids is 1. The number of esters is 1. The fourth-order valence-corrected chi connectivity index (χ4v) is 6.12. The van der Waals surface area contributed by atoms with Crippen molar-refractivity contribution in [3.8, 4) is 16.9 Å². The molecule has 33 heavy (non-hydrogen) atoms. The molecule has 0 heterocycles. The summed E-state index contributed by atoms with van der Waals surface area (Å²) in [4.78, 5) is 12.8. The second-order valence-electron chi connectivity index (χ2n) is 10.7. The van der Waals surface area contributed by atoms with Crippen molar-refractivity contribution in [2.45, 2.75) is 90.9 Å². The van der Waals surface area contributed by atoms with Crippen LogP contribution in [-0.4, -0.2) is 5.97 Å². The molecule has 0 atom stereocenters. The number of aryl methyl sites for hydroxylation is 1. The molecule has 2 nitrogen and oxygen atoms in total. The maximum absolute atomic E-state index is 12.8. The Hall–Kier alpha value is -2.09. The molecule has 2 aliphatic rings. The van der Waals surface area contributed by atoms with Crippen LogP contribution in [0.15, 0.2) is 48.5 Å². The van der Waals surface area contributed by atoms with Gasteiger partial charge >= 0.3 is 5.97 Å². The van der Waals surface area contributed by atoms with Gasteiger partial charge in [0.2, 0.25) is 0 Å². The molecule has 2 aromatic carbocycles. The van der Waals surface area contributed by atoms with Crippen LogP contribution in [0.4, 0.5) is 0 Å². The Morgan fingerprint density at radius 3 is 1.88 bits per heavy atom. The van der Waals surface area contributed by atoms with Crippen LogP contribution in [0, 0.1) is 30.6 Å². The monoisotopic (exact) mass is 446 g/mol. The van der Waals surface area contributed by atoms with Crippen LogP contribution < -0.4 is 4.74 Å². The minimum absolute atomic E-state index is 0.0313. The van der Waals surface area contributed by atoms with Gasteiger partial charge in [-0.25, -0.2) is 0 Å². The van der Waals surface area contributed by atoms with Gasteiger partial charge in [-0.1, -0.05) is 87.4 Å². The first kappa shape index (κ1) is 24.0. The van der Waals surface area contributed by atoms with E-state index in [2.05, 4.69) is 38.1 Å². The maximum Gasteiger partial charge on any atom is 0.314 e. The minimum atomic E-state index is -0.0313. The van der Waals surface area contributed by atoms with Crippen molar-refractivity contribution < 1.29 is 9.53 Å². The molecular weight excluding hydrogens is 404 g/mol. The van der Waals surface area contributed by atoms with E-state index in [1.807, 2.05) is 24.3 Å². The molecule has 178 valence electrons. The van der Waals surface area contributed by atoms with Crippen LogP contribution in [-0.2, 0) is 4.79 Å². The van der Waals surface area contributed by atoms with E-state index in [0.29, 0.717) is 5.75 Å². The van der Waals surface area contributed by atoms with Gasteiger partial charge in [-0.05, 0) is 86.5 Å². The van der Waals surface area contributed by atoms with Gasteiger partial charge in [0.1, 0.15) is 5.75 Å². The average molecular weight is 447 g/mol. The highest BCUT2D eigenvalue weighted by atomic mass is 16.5. The fourth-order valence-electron chi connectivity index (χ4n) is 6.12. The summed E-state index contributed by atoms with van der Waals surface area (Å²) in [5.74, 6) is 3.42. The topological polar surface area (TPSA) is 26.3 Å². The third-order valence-electron chi connectivity index (χ3n) is 8.34. The lowest BCUT2D eigenvalue weighted by Gasteiger charge is -2.37. The Kier molecular flexibility index (Phi) is 8.64. The predicted molar refractivity (Wildman–Crippen MR) is 137 cm³/mol. The lowest BCUT2D eigenvalue weighted by Crippen LogP contribution is -2.30. The summed E-state index contributed by atoms with van der Waals surface area (Å²) in [6.45, 7) is 4.39. The van der Waals surface area contributed by atoms with E-state index < -0.39 is 0 Å². The summed E-state index contributed by atoms with van der Waals surface area (Å²) in [6.07, 6.45) is 15.7. The molecule has 0 spiro atoms. The number of hydrogen-bond acceptors (Lipinski definition) is 2. The first-order valence-electron chi connectivity index (χ1n) is 13.5. The van der Waals surface area contributed by atoms with Gasteiger partial charge in [0.25, 0.3) is 0 Å². The third kappa shape index (κ3) is 6.71. The van der Waals surface area contributed by atoms with Crippen LogP contribution in [0.3, 0.4) is 0 Å². The van der Waals surface area contributed by atoms with Gasteiger partial charge in [-0.2, -0.15) is 0 Å². The Bertz CT molecular complexity index is 851. The molecule has 2 saturated carbocycles. The highest BCUT2D eigenvalue weighted by Crippen LogP contribution is 2.42. The van der Waals surface area contributed by atoms with Crippen molar-refractivity contribution in [1.82, 2.24) is 0 Å². The molecule has 0 N–H and O–H groups in total. The number of ether oxygens (including phenoxy) is 1. The number of benzene rings is 2. The average Bonchev–Trinajstić information content (AvgIpc) is 2.86. The van der Waals surface area contributed by atoms with Crippen LogP contribution in [0.25, 0.3) is 11.1 Å². The van der Waals surface area contributed by atoms with Gasteiger partial charge < -0.3 is 4.74 Å². The Morgan fingerprint density at radius 1 is 0.758 bits per heavy atom. The minimum Gasteiger partial charge on any atom is -0.426 e. The largest absolute Gasteiger partial charge is 0.426 e.